The van der Waals surface area contributed by atoms with E-state index < -0.39 is 0 Å². The van der Waals surface area contributed by atoms with Gasteiger partial charge in [0.25, 0.3) is 0 Å². The van der Waals surface area contributed by atoms with Gasteiger partial charge in [-0.2, -0.15) is 0 Å². The van der Waals surface area contributed by atoms with Crippen molar-refractivity contribution < 1.29 is 5.11 Å². The largest absolute Gasteiger partial charge is 0.507 e. The van der Waals surface area contributed by atoms with E-state index >= 15 is 0 Å². The van der Waals surface area contributed by atoms with Crippen LogP contribution in [0.3, 0.4) is 0 Å². The van der Waals surface area contributed by atoms with Gasteiger partial charge in [0, 0.05) is 15.4 Å². The molecule has 0 fully saturated rings. The number of rotatable bonds is 1. The molecule has 0 aliphatic rings. The summed E-state index contributed by atoms with van der Waals surface area (Å²) in [6.07, 6.45) is 1.48. The van der Waals surface area contributed by atoms with Crippen LogP contribution in [-0.4, -0.2) is 15.1 Å². The molecule has 94 valence electrons. The van der Waals surface area contributed by atoms with Crippen molar-refractivity contribution in [3.8, 4) is 17.0 Å². The number of fused-ring (bicyclic) bond motifs is 1. The lowest BCUT2D eigenvalue weighted by Crippen LogP contribution is -1.90. The predicted molar refractivity (Wildman–Crippen MR) is 79.3 cm³/mol. The number of phenols is 1. The van der Waals surface area contributed by atoms with Gasteiger partial charge in [0.05, 0.1) is 16.2 Å². The highest BCUT2D eigenvalue weighted by molar-refractivity contribution is 9.10. The van der Waals surface area contributed by atoms with Gasteiger partial charge in [-0.15, -0.1) is 0 Å². The van der Waals surface area contributed by atoms with Crippen molar-refractivity contribution >= 4 is 38.4 Å². The quantitative estimate of drug-likeness (QED) is 0.716. The minimum absolute atomic E-state index is 0.182. The van der Waals surface area contributed by atoms with Crippen LogP contribution in [0.1, 0.15) is 0 Å². The summed E-state index contributed by atoms with van der Waals surface area (Å²) in [5.41, 5.74) is 2.09. The minimum Gasteiger partial charge on any atom is -0.507 e. The molecule has 0 amide bonds. The number of aromatic nitrogens is 2. The Morgan fingerprint density at radius 1 is 1.11 bits per heavy atom. The van der Waals surface area contributed by atoms with Crippen LogP contribution in [0.5, 0.6) is 5.75 Å². The second kappa shape index (κ2) is 4.79. The number of aromatic hydroxyl groups is 1. The summed E-state index contributed by atoms with van der Waals surface area (Å²) in [6.45, 7) is 0. The Bertz CT molecular complexity index is 776. The van der Waals surface area contributed by atoms with Crippen molar-refractivity contribution in [2.45, 2.75) is 0 Å². The Morgan fingerprint density at radius 2 is 1.89 bits per heavy atom. The van der Waals surface area contributed by atoms with Crippen molar-refractivity contribution in [2.24, 2.45) is 0 Å². The summed E-state index contributed by atoms with van der Waals surface area (Å²) in [4.78, 5) is 8.48. The number of hydrogen-bond donors (Lipinski definition) is 1. The minimum atomic E-state index is 0.182. The van der Waals surface area contributed by atoms with E-state index in [-0.39, 0.29) is 5.75 Å². The fraction of sp³-hybridized carbons (Fsp3) is 0. The summed E-state index contributed by atoms with van der Waals surface area (Å²) in [6, 6.07) is 10.7. The highest BCUT2D eigenvalue weighted by atomic mass is 79.9. The molecule has 3 aromatic rings. The zero-order chi connectivity index (χ0) is 13.4. The molecule has 0 radical (unpaired) electrons. The Morgan fingerprint density at radius 3 is 2.68 bits per heavy atom. The summed E-state index contributed by atoms with van der Waals surface area (Å²) < 4.78 is 0.781. The van der Waals surface area contributed by atoms with Gasteiger partial charge < -0.3 is 5.11 Å². The average Bonchev–Trinajstić information content (AvgIpc) is 2.40. The van der Waals surface area contributed by atoms with E-state index in [1.54, 1.807) is 18.2 Å². The normalized spacial score (nSPS) is 10.8. The molecule has 3 nitrogen and oxygen atoms in total. The number of benzene rings is 2. The van der Waals surface area contributed by atoms with Crippen molar-refractivity contribution in [1.82, 2.24) is 9.97 Å². The summed E-state index contributed by atoms with van der Waals surface area (Å²) in [5, 5.41) is 11.3. The molecule has 1 heterocycles. The maximum atomic E-state index is 9.94. The summed E-state index contributed by atoms with van der Waals surface area (Å²) in [5.74, 6) is 0.182. The lowest BCUT2D eigenvalue weighted by Gasteiger charge is -2.08. The van der Waals surface area contributed by atoms with Gasteiger partial charge in [-0.25, -0.2) is 9.97 Å². The summed E-state index contributed by atoms with van der Waals surface area (Å²) >= 11 is 9.49. The lowest BCUT2D eigenvalue weighted by atomic mass is 10.1. The standard InChI is InChI=1S/C14H8BrClN2O/c15-10-6-12-9(5-11(10)16)14(18-7-17-12)8-3-1-2-4-13(8)19/h1-7,19H. The number of para-hydroxylation sites is 1. The molecule has 5 heteroatoms. The van der Waals surface area contributed by atoms with Gasteiger partial charge in [0.2, 0.25) is 0 Å². The second-order valence-corrected chi connectivity index (χ2v) is 5.28. The van der Waals surface area contributed by atoms with Gasteiger partial charge in [-0.3, -0.25) is 0 Å². The fourth-order valence-electron chi connectivity index (χ4n) is 1.94. The maximum Gasteiger partial charge on any atom is 0.124 e. The Hall–Kier alpha value is -1.65. The third-order valence-electron chi connectivity index (χ3n) is 2.84. The molecule has 2 aromatic carbocycles. The molecule has 0 aliphatic heterocycles. The van der Waals surface area contributed by atoms with E-state index in [2.05, 4.69) is 25.9 Å². The van der Waals surface area contributed by atoms with Gasteiger partial charge in [0.15, 0.2) is 0 Å². The van der Waals surface area contributed by atoms with Gasteiger partial charge >= 0.3 is 0 Å². The molecular formula is C14H8BrClN2O. The van der Waals surface area contributed by atoms with Crippen LogP contribution in [0.15, 0.2) is 47.2 Å². The van der Waals surface area contributed by atoms with Gasteiger partial charge in [0.1, 0.15) is 12.1 Å². The molecule has 0 unspecified atom stereocenters. The number of nitrogens with zero attached hydrogens (tertiary/aromatic N) is 2. The number of halogens is 2. The van der Waals surface area contributed by atoms with E-state index in [9.17, 15) is 5.11 Å². The molecule has 1 aromatic heterocycles. The SMILES string of the molecule is Oc1ccccc1-c1ncnc2cc(Br)c(Cl)cc12. The van der Waals surface area contributed by atoms with Crippen LogP contribution in [0, 0.1) is 0 Å². The first-order chi connectivity index (χ1) is 9.16. The first kappa shape index (κ1) is 12.4. The Labute approximate surface area is 123 Å². The maximum absolute atomic E-state index is 9.94. The smallest absolute Gasteiger partial charge is 0.124 e. The molecule has 0 saturated heterocycles. The van der Waals surface area contributed by atoms with E-state index in [0.717, 1.165) is 15.4 Å². The van der Waals surface area contributed by atoms with Crippen molar-refractivity contribution in [1.29, 1.82) is 0 Å². The van der Waals surface area contributed by atoms with Crippen molar-refractivity contribution in [3.05, 3.63) is 52.2 Å². The zero-order valence-corrected chi connectivity index (χ0v) is 12.0. The number of hydrogen-bond acceptors (Lipinski definition) is 3. The van der Waals surface area contributed by atoms with E-state index in [0.29, 0.717) is 16.3 Å². The van der Waals surface area contributed by atoms with Crippen LogP contribution in [0.4, 0.5) is 0 Å². The highest BCUT2D eigenvalue weighted by Gasteiger charge is 2.11. The zero-order valence-electron chi connectivity index (χ0n) is 9.64. The third-order valence-corrected chi connectivity index (χ3v) is 4.03. The lowest BCUT2D eigenvalue weighted by molar-refractivity contribution is 0.477. The van der Waals surface area contributed by atoms with E-state index in [4.69, 9.17) is 11.6 Å². The average molecular weight is 336 g/mol. The molecule has 0 bridgehead atoms. The van der Waals surface area contributed by atoms with Crippen LogP contribution in [-0.2, 0) is 0 Å². The highest BCUT2D eigenvalue weighted by Crippen LogP contribution is 2.35. The monoisotopic (exact) mass is 334 g/mol. The Balaban J connectivity index is 2.36. The molecule has 0 saturated carbocycles. The van der Waals surface area contributed by atoms with Gasteiger partial charge in [-0.05, 0) is 40.2 Å². The second-order valence-electron chi connectivity index (χ2n) is 4.02. The molecule has 3 rings (SSSR count). The van der Waals surface area contributed by atoms with E-state index in [1.165, 1.54) is 6.33 Å². The summed E-state index contributed by atoms with van der Waals surface area (Å²) in [7, 11) is 0. The third kappa shape index (κ3) is 2.17. The van der Waals surface area contributed by atoms with Crippen LogP contribution < -0.4 is 0 Å². The molecule has 1 N–H and O–H groups in total. The first-order valence-corrected chi connectivity index (χ1v) is 6.72. The van der Waals surface area contributed by atoms with Crippen molar-refractivity contribution in [2.75, 3.05) is 0 Å². The Kier molecular flexibility index (Phi) is 3.12. The van der Waals surface area contributed by atoms with Crippen LogP contribution in [0.2, 0.25) is 5.02 Å². The molecule has 0 aliphatic carbocycles. The van der Waals surface area contributed by atoms with Crippen LogP contribution in [0.25, 0.3) is 22.2 Å². The fourth-order valence-corrected chi connectivity index (χ4v) is 2.43. The molecule has 0 atom stereocenters. The van der Waals surface area contributed by atoms with Crippen molar-refractivity contribution in [3.63, 3.8) is 0 Å². The predicted octanol–water partition coefficient (Wildman–Crippen LogP) is 4.42. The van der Waals surface area contributed by atoms with Crippen LogP contribution >= 0.6 is 27.5 Å². The van der Waals surface area contributed by atoms with Gasteiger partial charge in [-0.1, -0.05) is 23.7 Å². The number of phenolic OH excluding ortho intramolecular Hbond substituents is 1. The molecular weight excluding hydrogens is 328 g/mol. The first-order valence-electron chi connectivity index (χ1n) is 5.55. The molecule has 19 heavy (non-hydrogen) atoms. The van der Waals surface area contributed by atoms with E-state index in [1.807, 2.05) is 18.2 Å². The topological polar surface area (TPSA) is 46.0 Å². The molecule has 0 spiro atoms.